The average Bonchev–Trinajstić information content (AvgIpc) is 2.54. The topological polar surface area (TPSA) is 31.4 Å². The molecule has 1 unspecified atom stereocenters. The first kappa shape index (κ1) is 15.4. The monoisotopic (exact) mass is 343 g/mol. The third-order valence-electron chi connectivity index (χ3n) is 4.02. The summed E-state index contributed by atoms with van der Waals surface area (Å²) >= 11 is 6.29. The lowest BCUT2D eigenvalue weighted by Crippen LogP contribution is -2.38. The second-order valence-electron chi connectivity index (χ2n) is 6.24. The molecule has 0 bridgehead atoms. The molecular weight excluding hydrogens is 329 g/mol. The predicted octanol–water partition coefficient (Wildman–Crippen LogP) is 5.26. The van der Waals surface area contributed by atoms with E-state index in [1.165, 1.54) is 6.07 Å². The van der Waals surface area contributed by atoms with E-state index in [2.05, 4.69) is 4.98 Å². The van der Waals surface area contributed by atoms with Gasteiger partial charge in [-0.15, -0.1) is 0 Å². The summed E-state index contributed by atoms with van der Waals surface area (Å²) in [5.74, 6) is -0.560. The van der Waals surface area contributed by atoms with E-state index in [1.807, 2.05) is 38.1 Å². The molecule has 0 radical (unpaired) electrons. The molecule has 122 valence electrons. The van der Waals surface area contributed by atoms with Crippen LogP contribution >= 0.6 is 11.6 Å². The molecule has 4 rings (SSSR count). The number of hydrogen-bond acceptors (Lipinski definition) is 3. The Morgan fingerprint density at radius 2 is 1.96 bits per heavy atom. The van der Waals surface area contributed by atoms with Crippen LogP contribution in [0.1, 0.15) is 31.1 Å². The van der Waals surface area contributed by atoms with Crippen LogP contribution in [0.25, 0.3) is 10.9 Å². The van der Waals surface area contributed by atoms with Crippen LogP contribution in [0.5, 0.6) is 5.75 Å². The number of nitrogens with zero attached hydrogens (tertiary/aromatic N) is 1. The summed E-state index contributed by atoms with van der Waals surface area (Å²) in [5, 5.41) is 1.26. The molecule has 1 aliphatic heterocycles. The van der Waals surface area contributed by atoms with Gasteiger partial charge in [0.2, 0.25) is 5.79 Å². The van der Waals surface area contributed by atoms with E-state index in [9.17, 15) is 4.39 Å². The summed E-state index contributed by atoms with van der Waals surface area (Å²) in [6.45, 7) is 3.67. The van der Waals surface area contributed by atoms with Gasteiger partial charge in [-0.3, -0.25) is 4.98 Å². The third kappa shape index (κ3) is 2.52. The van der Waals surface area contributed by atoms with Gasteiger partial charge in [0.15, 0.2) is 0 Å². The zero-order valence-corrected chi connectivity index (χ0v) is 14.0. The Morgan fingerprint density at radius 1 is 1.17 bits per heavy atom. The highest BCUT2D eigenvalue weighted by Gasteiger charge is 2.36. The number of aromatic nitrogens is 1. The number of hydrogen-bond donors (Lipinski definition) is 0. The van der Waals surface area contributed by atoms with Gasteiger partial charge in [-0.25, -0.2) is 4.39 Å². The van der Waals surface area contributed by atoms with Crippen LogP contribution < -0.4 is 4.74 Å². The summed E-state index contributed by atoms with van der Waals surface area (Å²) in [6, 6.07) is 12.3. The first-order valence-electron chi connectivity index (χ1n) is 7.64. The van der Waals surface area contributed by atoms with Crippen molar-refractivity contribution in [2.45, 2.75) is 25.7 Å². The van der Waals surface area contributed by atoms with Crippen molar-refractivity contribution in [3.8, 4) is 5.75 Å². The van der Waals surface area contributed by atoms with Crippen molar-refractivity contribution in [2.75, 3.05) is 0 Å². The molecule has 0 saturated carbocycles. The minimum atomic E-state index is -0.834. The number of pyridine rings is 1. The molecule has 2 heterocycles. The van der Waals surface area contributed by atoms with Gasteiger partial charge in [0.25, 0.3) is 0 Å². The van der Waals surface area contributed by atoms with Crippen molar-refractivity contribution in [3.05, 3.63) is 70.6 Å². The number of para-hydroxylation sites is 2. The molecule has 0 aliphatic carbocycles. The van der Waals surface area contributed by atoms with Gasteiger partial charge in [-0.2, -0.15) is 0 Å². The fraction of sp³-hybridized carbons (Fsp3) is 0.211. The lowest BCUT2D eigenvalue weighted by atomic mass is 9.98. The molecule has 3 nitrogen and oxygen atoms in total. The van der Waals surface area contributed by atoms with Crippen LogP contribution in [0, 0.1) is 5.82 Å². The van der Waals surface area contributed by atoms with E-state index in [1.54, 1.807) is 18.3 Å². The molecule has 3 aromatic rings. The third-order valence-corrected chi connectivity index (χ3v) is 4.31. The highest BCUT2D eigenvalue weighted by atomic mass is 35.5. The largest absolute Gasteiger partial charge is 0.461 e. The molecule has 0 saturated heterocycles. The fourth-order valence-corrected chi connectivity index (χ4v) is 3.21. The second-order valence-corrected chi connectivity index (χ2v) is 6.65. The summed E-state index contributed by atoms with van der Waals surface area (Å²) in [5.41, 5.74) is 2.01. The number of benzene rings is 2. The maximum Gasteiger partial charge on any atom is 0.205 e. The SMILES string of the molecule is CC1(C)Oc2c(Cl)cccc2C(c2cnc3c(F)cccc3c2)O1. The molecule has 0 spiro atoms. The van der Waals surface area contributed by atoms with Crippen LogP contribution in [-0.4, -0.2) is 10.8 Å². The maximum absolute atomic E-state index is 13.8. The van der Waals surface area contributed by atoms with Crippen molar-refractivity contribution >= 4 is 22.5 Å². The van der Waals surface area contributed by atoms with Gasteiger partial charge >= 0.3 is 0 Å². The molecule has 5 heteroatoms. The van der Waals surface area contributed by atoms with E-state index in [0.717, 1.165) is 16.5 Å². The first-order valence-corrected chi connectivity index (χ1v) is 8.02. The number of fused-ring (bicyclic) bond motifs is 2. The molecule has 24 heavy (non-hydrogen) atoms. The van der Waals surface area contributed by atoms with Gasteiger partial charge in [0.1, 0.15) is 23.2 Å². The minimum Gasteiger partial charge on any atom is -0.461 e. The maximum atomic E-state index is 13.8. The second kappa shape index (κ2) is 5.43. The van der Waals surface area contributed by atoms with Gasteiger partial charge < -0.3 is 9.47 Å². The van der Waals surface area contributed by atoms with Crippen molar-refractivity contribution < 1.29 is 13.9 Å². The molecular formula is C19H15ClFNO2. The van der Waals surface area contributed by atoms with Crippen molar-refractivity contribution in [2.24, 2.45) is 0 Å². The van der Waals surface area contributed by atoms with Crippen molar-refractivity contribution in [1.29, 1.82) is 0 Å². The molecule has 0 N–H and O–H groups in total. The Hall–Kier alpha value is -2.17. The molecule has 0 amide bonds. The highest BCUT2D eigenvalue weighted by molar-refractivity contribution is 6.32. The van der Waals surface area contributed by atoms with Crippen LogP contribution in [0.4, 0.5) is 4.39 Å². The normalized spacial score (nSPS) is 18.9. The quantitative estimate of drug-likeness (QED) is 0.603. The van der Waals surface area contributed by atoms with Crippen molar-refractivity contribution in [1.82, 2.24) is 4.98 Å². The van der Waals surface area contributed by atoms with E-state index in [-0.39, 0.29) is 11.9 Å². The van der Waals surface area contributed by atoms with Crippen LogP contribution in [0.3, 0.4) is 0 Å². The minimum absolute atomic E-state index is 0.337. The summed E-state index contributed by atoms with van der Waals surface area (Å²) in [7, 11) is 0. The van der Waals surface area contributed by atoms with Crippen LogP contribution in [0.2, 0.25) is 5.02 Å². The molecule has 1 aromatic heterocycles. The van der Waals surface area contributed by atoms with Gasteiger partial charge in [-0.05, 0) is 18.2 Å². The standard InChI is InChI=1S/C19H15ClFNO2/c1-19(2)23-17(13-6-4-7-14(20)18(13)24-19)12-9-11-5-3-8-15(21)16(11)22-10-12/h3-10,17H,1-2H3. The Kier molecular flexibility index (Phi) is 3.48. The number of halogens is 2. The summed E-state index contributed by atoms with van der Waals surface area (Å²) < 4.78 is 25.8. The van der Waals surface area contributed by atoms with E-state index in [0.29, 0.717) is 16.3 Å². The van der Waals surface area contributed by atoms with Gasteiger partial charge in [-0.1, -0.05) is 35.9 Å². The summed E-state index contributed by atoms with van der Waals surface area (Å²) in [4.78, 5) is 4.27. The first-order chi connectivity index (χ1) is 11.4. The van der Waals surface area contributed by atoms with E-state index < -0.39 is 5.79 Å². The summed E-state index contributed by atoms with van der Waals surface area (Å²) in [6.07, 6.45) is 1.25. The Bertz CT molecular complexity index is 942. The van der Waals surface area contributed by atoms with Crippen LogP contribution in [-0.2, 0) is 4.74 Å². The smallest absolute Gasteiger partial charge is 0.205 e. The van der Waals surface area contributed by atoms with E-state index in [4.69, 9.17) is 21.1 Å². The highest BCUT2D eigenvalue weighted by Crippen LogP contribution is 2.45. The lowest BCUT2D eigenvalue weighted by molar-refractivity contribution is -0.196. The van der Waals surface area contributed by atoms with E-state index >= 15 is 0 Å². The molecule has 1 aliphatic rings. The lowest BCUT2D eigenvalue weighted by Gasteiger charge is -2.38. The Labute approximate surface area is 144 Å². The van der Waals surface area contributed by atoms with Crippen molar-refractivity contribution in [3.63, 3.8) is 0 Å². The zero-order chi connectivity index (χ0) is 16.9. The molecule has 2 aromatic carbocycles. The Balaban J connectivity index is 1.89. The molecule has 1 atom stereocenters. The fourth-order valence-electron chi connectivity index (χ4n) is 2.99. The zero-order valence-electron chi connectivity index (χ0n) is 13.2. The number of ether oxygens (including phenoxy) is 2. The molecule has 0 fully saturated rings. The van der Waals surface area contributed by atoms with Gasteiger partial charge in [0, 0.05) is 36.6 Å². The van der Waals surface area contributed by atoms with Crippen LogP contribution in [0.15, 0.2) is 48.7 Å². The van der Waals surface area contributed by atoms with Gasteiger partial charge in [0.05, 0.1) is 5.02 Å². The Morgan fingerprint density at radius 3 is 2.79 bits per heavy atom. The average molecular weight is 344 g/mol. The predicted molar refractivity (Wildman–Crippen MR) is 90.8 cm³/mol. The number of rotatable bonds is 1.